The van der Waals surface area contributed by atoms with E-state index >= 15 is 0 Å². The summed E-state index contributed by atoms with van der Waals surface area (Å²) < 4.78 is 0. The summed E-state index contributed by atoms with van der Waals surface area (Å²) in [6, 6.07) is 6.30. The molecule has 0 amide bonds. The largest absolute Gasteiger partial charge is 0.508 e. The van der Waals surface area contributed by atoms with Gasteiger partial charge >= 0.3 is 5.97 Å². The number of likely N-dealkylation sites (N-methyl/N-ethyl adjacent to an activating group) is 1. The molecule has 0 radical (unpaired) electrons. The van der Waals surface area contributed by atoms with Crippen LogP contribution in [0.2, 0.25) is 0 Å². The average molecular weight is 223 g/mol. The Hall–Kier alpha value is -1.55. The molecule has 0 aliphatic carbocycles. The minimum atomic E-state index is -1.03. The lowest BCUT2D eigenvalue weighted by molar-refractivity contribution is -0.151. The number of aliphatic carboxylic acids is 1. The van der Waals surface area contributed by atoms with Crippen molar-refractivity contribution in [3.63, 3.8) is 0 Å². The van der Waals surface area contributed by atoms with Crippen LogP contribution in [0.1, 0.15) is 18.9 Å². The van der Waals surface area contributed by atoms with E-state index in [4.69, 9.17) is 0 Å². The first-order valence-corrected chi connectivity index (χ1v) is 5.15. The smallest absolute Gasteiger partial charge is 0.328 e. The molecule has 0 bridgehead atoms. The van der Waals surface area contributed by atoms with E-state index in [9.17, 15) is 15.0 Å². The van der Waals surface area contributed by atoms with Crippen LogP contribution in [0.4, 0.5) is 0 Å². The summed E-state index contributed by atoms with van der Waals surface area (Å²) >= 11 is 0. The van der Waals surface area contributed by atoms with E-state index in [0.717, 1.165) is 0 Å². The van der Waals surface area contributed by atoms with Gasteiger partial charge in [0.05, 0.1) is 0 Å². The molecule has 4 heteroatoms. The van der Waals surface area contributed by atoms with Gasteiger partial charge in [0.15, 0.2) is 0 Å². The summed E-state index contributed by atoms with van der Waals surface area (Å²) in [7, 11) is 3.48. The molecule has 0 saturated heterocycles. The zero-order valence-corrected chi connectivity index (χ0v) is 9.77. The van der Waals surface area contributed by atoms with Crippen molar-refractivity contribution >= 4 is 5.97 Å². The highest BCUT2D eigenvalue weighted by Crippen LogP contribution is 2.31. The molecule has 16 heavy (non-hydrogen) atoms. The molecule has 1 atom stereocenters. The van der Waals surface area contributed by atoms with E-state index in [-0.39, 0.29) is 5.75 Å². The van der Waals surface area contributed by atoms with Crippen LogP contribution in [0.5, 0.6) is 5.75 Å². The Balaban J connectivity index is 3.30. The summed E-state index contributed by atoms with van der Waals surface area (Å²) in [4.78, 5) is 13.2. The summed E-state index contributed by atoms with van der Waals surface area (Å²) in [5, 5.41) is 18.6. The van der Waals surface area contributed by atoms with Crippen molar-refractivity contribution in [3.05, 3.63) is 29.8 Å². The summed E-state index contributed by atoms with van der Waals surface area (Å²) in [5.74, 6) is -0.747. The van der Waals surface area contributed by atoms with Gasteiger partial charge < -0.3 is 10.2 Å². The Morgan fingerprint density at radius 1 is 1.31 bits per heavy atom. The highest BCUT2D eigenvalue weighted by Gasteiger charge is 2.40. The van der Waals surface area contributed by atoms with Gasteiger partial charge in [0.1, 0.15) is 11.3 Å². The third-order valence-corrected chi connectivity index (χ3v) is 2.97. The van der Waals surface area contributed by atoms with Crippen LogP contribution in [0.15, 0.2) is 24.3 Å². The molecule has 2 N–H and O–H groups in total. The molecule has 0 spiro atoms. The first kappa shape index (κ1) is 12.5. The van der Waals surface area contributed by atoms with Crippen LogP contribution >= 0.6 is 0 Å². The first-order valence-electron chi connectivity index (χ1n) is 5.15. The van der Waals surface area contributed by atoms with Crippen molar-refractivity contribution in [1.29, 1.82) is 0 Å². The van der Waals surface area contributed by atoms with E-state index in [2.05, 4.69) is 0 Å². The number of hydrogen-bond acceptors (Lipinski definition) is 3. The number of phenolic OH excluding ortho intramolecular Hbond substituents is 1. The van der Waals surface area contributed by atoms with Crippen molar-refractivity contribution in [1.82, 2.24) is 4.90 Å². The maximum Gasteiger partial charge on any atom is 0.328 e. The molecule has 0 aliphatic rings. The normalized spacial score (nSPS) is 14.8. The molecule has 88 valence electrons. The molecule has 0 aromatic heterocycles. The average Bonchev–Trinajstić information content (AvgIpc) is 2.21. The van der Waals surface area contributed by atoms with E-state index in [1.807, 2.05) is 6.92 Å². The van der Waals surface area contributed by atoms with E-state index in [1.165, 1.54) is 12.1 Å². The fourth-order valence-electron chi connectivity index (χ4n) is 1.98. The molecule has 0 fully saturated rings. The molecular weight excluding hydrogens is 206 g/mol. The highest BCUT2D eigenvalue weighted by molar-refractivity contribution is 5.80. The van der Waals surface area contributed by atoms with E-state index < -0.39 is 11.5 Å². The maximum absolute atomic E-state index is 11.5. The number of phenols is 1. The van der Waals surface area contributed by atoms with Gasteiger partial charge in [-0.05, 0) is 38.2 Å². The lowest BCUT2D eigenvalue weighted by atomic mass is 9.86. The monoisotopic (exact) mass is 223 g/mol. The Morgan fingerprint density at radius 3 is 2.12 bits per heavy atom. The maximum atomic E-state index is 11.5. The lowest BCUT2D eigenvalue weighted by Gasteiger charge is -2.35. The fraction of sp³-hybridized carbons (Fsp3) is 0.417. The third kappa shape index (κ3) is 1.88. The molecular formula is C12H17NO3. The summed E-state index contributed by atoms with van der Waals surface area (Å²) in [5.41, 5.74) is -0.362. The fourth-order valence-corrected chi connectivity index (χ4v) is 1.98. The summed E-state index contributed by atoms with van der Waals surface area (Å²) in [6.07, 6.45) is 0.458. The second-order valence-corrected chi connectivity index (χ2v) is 3.96. The van der Waals surface area contributed by atoms with Gasteiger partial charge in [0, 0.05) is 0 Å². The molecule has 0 aliphatic heterocycles. The number of carboxylic acid groups (broad SMARTS) is 1. The van der Waals surface area contributed by atoms with Crippen molar-refractivity contribution in [2.75, 3.05) is 14.1 Å². The van der Waals surface area contributed by atoms with Crippen LogP contribution in [0, 0.1) is 0 Å². The molecule has 1 aromatic rings. The van der Waals surface area contributed by atoms with Crippen molar-refractivity contribution in [2.45, 2.75) is 18.9 Å². The minimum absolute atomic E-state index is 0.137. The van der Waals surface area contributed by atoms with E-state index in [0.29, 0.717) is 12.0 Å². The van der Waals surface area contributed by atoms with Crippen LogP contribution in [0.25, 0.3) is 0 Å². The second kappa shape index (κ2) is 4.53. The van der Waals surface area contributed by atoms with Gasteiger partial charge in [-0.25, -0.2) is 4.79 Å². The molecule has 1 unspecified atom stereocenters. The molecule has 1 aromatic carbocycles. The zero-order valence-electron chi connectivity index (χ0n) is 9.77. The van der Waals surface area contributed by atoms with Crippen LogP contribution < -0.4 is 0 Å². The van der Waals surface area contributed by atoms with Crippen molar-refractivity contribution < 1.29 is 15.0 Å². The van der Waals surface area contributed by atoms with Crippen LogP contribution in [-0.4, -0.2) is 35.2 Å². The Labute approximate surface area is 95.1 Å². The number of nitrogens with zero attached hydrogens (tertiary/aromatic N) is 1. The van der Waals surface area contributed by atoms with Gasteiger partial charge in [-0.1, -0.05) is 19.1 Å². The Kier molecular flexibility index (Phi) is 3.55. The predicted molar refractivity (Wildman–Crippen MR) is 61.4 cm³/mol. The molecule has 1 rings (SSSR count). The third-order valence-electron chi connectivity index (χ3n) is 2.97. The van der Waals surface area contributed by atoms with Gasteiger partial charge in [0.25, 0.3) is 0 Å². The topological polar surface area (TPSA) is 60.8 Å². The molecule has 4 nitrogen and oxygen atoms in total. The number of aromatic hydroxyl groups is 1. The number of carboxylic acids is 1. The SMILES string of the molecule is CCC(C(=O)O)(c1ccc(O)cc1)N(C)C. The van der Waals surface area contributed by atoms with Crippen molar-refractivity contribution in [2.24, 2.45) is 0 Å². The van der Waals surface area contributed by atoms with Gasteiger partial charge in [-0.2, -0.15) is 0 Å². The molecule has 0 saturated carbocycles. The highest BCUT2D eigenvalue weighted by atomic mass is 16.4. The van der Waals surface area contributed by atoms with Gasteiger partial charge in [-0.3, -0.25) is 4.90 Å². The summed E-state index contributed by atoms with van der Waals surface area (Å²) in [6.45, 7) is 1.83. The van der Waals surface area contributed by atoms with Crippen LogP contribution in [-0.2, 0) is 10.3 Å². The number of rotatable bonds is 4. The first-order chi connectivity index (χ1) is 7.45. The standard InChI is InChI=1S/C12H17NO3/c1-4-12(11(15)16,13(2)3)9-5-7-10(14)8-6-9/h5-8,14H,4H2,1-3H3,(H,15,16). The number of carbonyl (C=O) groups is 1. The Bertz CT molecular complexity index is 372. The lowest BCUT2D eigenvalue weighted by Crippen LogP contribution is -2.47. The zero-order chi connectivity index (χ0) is 12.3. The van der Waals surface area contributed by atoms with E-state index in [1.54, 1.807) is 31.1 Å². The van der Waals surface area contributed by atoms with Gasteiger partial charge in [-0.15, -0.1) is 0 Å². The van der Waals surface area contributed by atoms with Crippen molar-refractivity contribution in [3.8, 4) is 5.75 Å². The minimum Gasteiger partial charge on any atom is -0.508 e. The van der Waals surface area contributed by atoms with Crippen LogP contribution in [0.3, 0.4) is 0 Å². The van der Waals surface area contributed by atoms with Gasteiger partial charge in [0.2, 0.25) is 0 Å². The second-order valence-electron chi connectivity index (χ2n) is 3.96. The number of hydrogen-bond donors (Lipinski definition) is 2. The predicted octanol–water partition coefficient (Wildman–Crippen LogP) is 1.64. The quantitative estimate of drug-likeness (QED) is 0.814. The Morgan fingerprint density at radius 2 is 1.81 bits per heavy atom. The number of benzene rings is 1. The molecule has 0 heterocycles.